The SMILES string of the molecule is COc1ccc(OC)c(-c2csc(N3CCN(S(=O)(=O)c4ccccc4C(F)(F)F)CC3)n2)c1. The number of methoxy groups -OCH3 is 2. The van der Waals surface area contributed by atoms with Crippen molar-refractivity contribution in [2.75, 3.05) is 45.3 Å². The van der Waals surface area contributed by atoms with Crippen molar-refractivity contribution in [3.05, 3.63) is 53.4 Å². The van der Waals surface area contributed by atoms with Gasteiger partial charge in [-0.2, -0.15) is 17.5 Å². The molecule has 4 rings (SSSR count). The van der Waals surface area contributed by atoms with Gasteiger partial charge in [-0.3, -0.25) is 0 Å². The first kappa shape index (κ1) is 24.3. The van der Waals surface area contributed by atoms with Crippen LogP contribution < -0.4 is 14.4 Å². The predicted octanol–water partition coefficient (Wildman–Crippen LogP) is 4.36. The molecule has 1 aliphatic heterocycles. The van der Waals surface area contributed by atoms with Crippen molar-refractivity contribution in [1.82, 2.24) is 9.29 Å². The maximum atomic E-state index is 13.4. The van der Waals surface area contributed by atoms with Crippen LogP contribution in [0.3, 0.4) is 0 Å². The highest BCUT2D eigenvalue weighted by Gasteiger charge is 2.39. The molecule has 1 aromatic heterocycles. The van der Waals surface area contributed by atoms with Gasteiger partial charge < -0.3 is 14.4 Å². The Labute approximate surface area is 199 Å². The average Bonchev–Trinajstić information content (AvgIpc) is 3.33. The Hall–Kier alpha value is -2.83. The van der Waals surface area contributed by atoms with Crippen molar-refractivity contribution in [1.29, 1.82) is 0 Å². The van der Waals surface area contributed by atoms with Crippen LogP contribution in [0.5, 0.6) is 11.5 Å². The summed E-state index contributed by atoms with van der Waals surface area (Å²) in [7, 11) is -1.16. The minimum absolute atomic E-state index is 0.0475. The molecular weight excluding hydrogens is 491 g/mol. The van der Waals surface area contributed by atoms with Gasteiger partial charge in [-0.25, -0.2) is 13.4 Å². The van der Waals surface area contributed by atoms with Crippen molar-refractivity contribution >= 4 is 26.5 Å². The second-order valence-electron chi connectivity index (χ2n) is 7.47. The van der Waals surface area contributed by atoms with Crippen LogP contribution >= 0.6 is 11.3 Å². The molecule has 0 unspecified atom stereocenters. The second kappa shape index (κ2) is 9.43. The highest BCUT2D eigenvalue weighted by molar-refractivity contribution is 7.89. The molecule has 0 spiro atoms. The summed E-state index contributed by atoms with van der Waals surface area (Å²) in [6.45, 7) is 0.697. The third-order valence-electron chi connectivity index (χ3n) is 5.49. The van der Waals surface area contributed by atoms with E-state index in [2.05, 4.69) is 4.98 Å². The summed E-state index contributed by atoms with van der Waals surface area (Å²) in [5.41, 5.74) is 0.286. The van der Waals surface area contributed by atoms with Crippen LogP contribution in [0.1, 0.15) is 5.56 Å². The summed E-state index contributed by atoms with van der Waals surface area (Å²) >= 11 is 1.40. The Morgan fingerprint density at radius 2 is 1.71 bits per heavy atom. The summed E-state index contributed by atoms with van der Waals surface area (Å²) in [5, 5.41) is 2.56. The van der Waals surface area contributed by atoms with Gasteiger partial charge in [0, 0.05) is 37.1 Å². The Bertz CT molecular complexity index is 1270. The number of alkyl halides is 3. The summed E-state index contributed by atoms with van der Waals surface area (Å²) in [4.78, 5) is 5.87. The molecule has 7 nitrogen and oxygen atoms in total. The van der Waals surface area contributed by atoms with E-state index >= 15 is 0 Å². The lowest BCUT2D eigenvalue weighted by atomic mass is 10.1. The number of rotatable bonds is 6. The monoisotopic (exact) mass is 513 g/mol. The van der Waals surface area contributed by atoms with Gasteiger partial charge in [0.05, 0.1) is 30.4 Å². The normalized spacial score (nSPS) is 15.4. The minimum Gasteiger partial charge on any atom is -0.497 e. The lowest BCUT2D eigenvalue weighted by molar-refractivity contribution is -0.139. The zero-order chi connectivity index (χ0) is 24.5. The lowest BCUT2D eigenvalue weighted by Crippen LogP contribution is -2.48. The van der Waals surface area contributed by atoms with Crippen LogP contribution in [0.25, 0.3) is 11.3 Å². The number of halogens is 3. The molecule has 0 N–H and O–H groups in total. The number of hydrogen-bond donors (Lipinski definition) is 0. The number of thiazole rings is 1. The van der Waals surface area contributed by atoms with E-state index in [1.54, 1.807) is 26.4 Å². The highest BCUT2D eigenvalue weighted by Crippen LogP contribution is 2.37. The van der Waals surface area contributed by atoms with Gasteiger partial charge in [0.2, 0.25) is 10.0 Å². The van der Waals surface area contributed by atoms with Crippen molar-refractivity contribution in [2.24, 2.45) is 0 Å². The highest BCUT2D eigenvalue weighted by atomic mass is 32.2. The van der Waals surface area contributed by atoms with Crippen LogP contribution in [0.15, 0.2) is 52.7 Å². The van der Waals surface area contributed by atoms with E-state index in [4.69, 9.17) is 9.47 Å². The summed E-state index contributed by atoms with van der Waals surface area (Å²) in [6, 6.07) is 9.65. The number of benzene rings is 2. The van der Waals surface area contributed by atoms with Gasteiger partial charge in [-0.1, -0.05) is 12.1 Å². The van der Waals surface area contributed by atoms with Gasteiger partial charge in [0.1, 0.15) is 11.5 Å². The van der Waals surface area contributed by atoms with E-state index in [1.807, 2.05) is 16.3 Å². The van der Waals surface area contributed by atoms with E-state index < -0.39 is 26.7 Å². The van der Waals surface area contributed by atoms with E-state index in [9.17, 15) is 21.6 Å². The first-order chi connectivity index (χ1) is 16.1. The van der Waals surface area contributed by atoms with E-state index in [0.717, 1.165) is 22.0 Å². The number of aromatic nitrogens is 1. The van der Waals surface area contributed by atoms with E-state index in [1.165, 1.54) is 23.5 Å². The van der Waals surface area contributed by atoms with E-state index in [-0.39, 0.29) is 13.1 Å². The fourth-order valence-corrected chi connectivity index (χ4v) is 6.25. The first-order valence-electron chi connectivity index (χ1n) is 10.2. The molecule has 3 aromatic rings. The molecule has 12 heteroatoms. The van der Waals surface area contributed by atoms with Crippen LogP contribution in [-0.2, 0) is 16.2 Å². The molecule has 1 saturated heterocycles. The molecule has 2 heterocycles. The predicted molar refractivity (Wildman–Crippen MR) is 123 cm³/mol. The van der Waals surface area contributed by atoms with Crippen LogP contribution in [-0.4, -0.2) is 58.1 Å². The van der Waals surface area contributed by atoms with Crippen LogP contribution in [0.4, 0.5) is 18.3 Å². The van der Waals surface area contributed by atoms with Crippen LogP contribution in [0.2, 0.25) is 0 Å². The molecule has 0 bridgehead atoms. The number of piperazine rings is 1. The number of ether oxygens (including phenoxy) is 2. The van der Waals surface area contributed by atoms with Gasteiger partial charge in [0.15, 0.2) is 5.13 Å². The number of nitrogens with zero attached hydrogens (tertiary/aromatic N) is 3. The van der Waals surface area contributed by atoms with Gasteiger partial charge >= 0.3 is 6.18 Å². The molecule has 0 saturated carbocycles. The van der Waals surface area contributed by atoms with Crippen molar-refractivity contribution < 1.29 is 31.1 Å². The molecule has 1 aliphatic rings. The summed E-state index contributed by atoms with van der Waals surface area (Å²) in [6.07, 6.45) is -4.76. The number of hydrogen-bond acceptors (Lipinski definition) is 7. The standard InChI is InChI=1S/C22H22F3N3O4S2/c1-31-15-7-8-19(32-2)16(13-15)18-14-33-21(26-18)27-9-11-28(12-10-27)34(29,30)20-6-4-3-5-17(20)22(23,24)25/h3-8,13-14H,9-12H2,1-2H3. The molecule has 0 radical (unpaired) electrons. The Kier molecular flexibility index (Phi) is 6.74. The summed E-state index contributed by atoms with van der Waals surface area (Å²) < 4.78 is 77.8. The Morgan fingerprint density at radius 1 is 1.00 bits per heavy atom. The van der Waals surface area contributed by atoms with Crippen LogP contribution in [0, 0.1) is 0 Å². The van der Waals surface area contributed by atoms with Gasteiger partial charge in [-0.15, -0.1) is 11.3 Å². The average molecular weight is 514 g/mol. The molecule has 182 valence electrons. The fourth-order valence-electron chi connectivity index (χ4n) is 3.73. The molecule has 34 heavy (non-hydrogen) atoms. The smallest absolute Gasteiger partial charge is 0.417 e. The second-order valence-corrected chi connectivity index (χ2v) is 10.2. The quantitative estimate of drug-likeness (QED) is 0.488. The van der Waals surface area contributed by atoms with Gasteiger partial charge in [-0.05, 0) is 30.3 Å². The lowest BCUT2D eigenvalue weighted by Gasteiger charge is -2.34. The van der Waals surface area contributed by atoms with Crippen molar-refractivity contribution in [3.8, 4) is 22.8 Å². The zero-order valence-electron chi connectivity index (χ0n) is 18.4. The third-order valence-corrected chi connectivity index (χ3v) is 8.35. The Morgan fingerprint density at radius 3 is 2.35 bits per heavy atom. The molecule has 1 fully saturated rings. The molecule has 0 atom stereocenters. The van der Waals surface area contributed by atoms with Crippen molar-refractivity contribution in [3.63, 3.8) is 0 Å². The molecule has 0 aliphatic carbocycles. The summed E-state index contributed by atoms with van der Waals surface area (Å²) in [5.74, 6) is 1.29. The number of sulfonamides is 1. The number of anilines is 1. The Balaban J connectivity index is 1.51. The third kappa shape index (κ3) is 4.70. The maximum absolute atomic E-state index is 13.4. The largest absolute Gasteiger partial charge is 0.497 e. The molecule has 2 aromatic carbocycles. The topological polar surface area (TPSA) is 72.0 Å². The fraction of sp³-hybridized carbons (Fsp3) is 0.318. The van der Waals surface area contributed by atoms with Gasteiger partial charge in [0.25, 0.3) is 0 Å². The van der Waals surface area contributed by atoms with Crippen molar-refractivity contribution in [2.45, 2.75) is 11.1 Å². The minimum atomic E-state index is -4.76. The molecular formula is C22H22F3N3O4S2. The first-order valence-corrected chi connectivity index (χ1v) is 12.6. The molecule has 0 amide bonds. The maximum Gasteiger partial charge on any atom is 0.417 e. The zero-order valence-corrected chi connectivity index (χ0v) is 20.0. The van der Waals surface area contributed by atoms with E-state index in [0.29, 0.717) is 35.4 Å².